The van der Waals surface area contributed by atoms with Crippen LogP contribution < -0.4 is 20.7 Å². The number of rotatable bonds is 8. The largest absolute Gasteiger partial charge is 0.495 e. The van der Waals surface area contributed by atoms with Gasteiger partial charge in [0.05, 0.1) is 12.8 Å². The molecule has 8 heteroatoms. The minimum Gasteiger partial charge on any atom is -0.495 e. The maximum Gasteiger partial charge on any atom is 0.412 e. The first-order chi connectivity index (χ1) is 17.1. The average Bonchev–Trinajstić information content (AvgIpc) is 2.83. The average molecular weight is 490 g/mol. The number of methoxy groups -OCH3 is 1. The van der Waals surface area contributed by atoms with E-state index in [-0.39, 0.29) is 5.91 Å². The fourth-order valence-electron chi connectivity index (χ4n) is 3.42. The Labute approximate surface area is 211 Å². The lowest BCUT2D eigenvalue weighted by Gasteiger charge is -2.21. The summed E-state index contributed by atoms with van der Waals surface area (Å²) in [5.41, 5.74) is 1.42. The van der Waals surface area contributed by atoms with E-state index in [0.29, 0.717) is 29.1 Å². The van der Waals surface area contributed by atoms with Gasteiger partial charge in [-0.1, -0.05) is 48.5 Å². The maximum absolute atomic E-state index is 13.3. The van der Waals surface area contributed by atoms with Crippen molar-refractivity contribution >= 4 is 29.3 Å². The van der Waals surface area contributed by atoms with Crippen LogP contribution in [-0.2, 0) is 16.0 Å². The van der Waals surface area contributed by atoms with Gasteiger partial charge in [0.15, 0.2) is 0 Å². The van der Waals surface area contributed by atoms with E-state index < -0.39 is 23.6 Å². The molecule has 3 rings (SSSR count). The van der Waals surface area contributed by atoms with Gasteiger partial charge in [0.25, 0.3) is 5.91 Å². The Morgan fingerprint density at radius 2 is 1.50 bits per heavy atom. The molecule has 3 amide bonds. The van der Waals surface area contributed by atoms with Gasteiger partial charge in [0.2, 0.25) is 5.91 Å². The molecule has 0 aliphatic rings. The zero-order chi connectivity index (χ0) is 26.1. The van der Waals surface area contributed by atoms with E-state index in [1.54, 1.807) is 63.2 Å². The van der Waals surface area contributed by atoms with Gasteiger partial charge in [-0.15, -0.1) is 0 Å². The molecule has 0 aromatic heterocycles. The molecule has 0 bridgehead atoms. The van der Waals surface area contributed by atoms with Crippen LogP contribution in [0.4, 0.5) is 16.2 Å². The number of carbonyl (C=O) groups excluding carboxylic acids is 3. The van der Waals surface area contributed by atoms with E-state index in [0.717, 1.165) is 5.56 Å². The molecule has 3 aromatic carbocycles. The van der Waals surface area contributed by atoms with Crippen molar-refractivity contribution in [1.29, 1.82) is 0 Å². The standard InChI is InChI=1S/C28H31N3O5/c1-28(2,3)36-27(34)31-22-18-21(15-16-24(22)35-4)29-26(33)23(17-19-11-7-5-8-12-19)30-25(32)20-13-9-6-10-14-20/h5-16,18,23H,17H2,1-4H3,(H,29,33)(H,30,32)(H,31,34). The number of benzene rings is 3. The first-order valence-corrected chi connectivity index (χ1v) is 11.5. The summed E-state index contributed by atoms with van der Waals surface area (Å²) in [6.45, 7) is 5.28. The molecule has 1 atom stereocenters. The molecule has 0 fully saturated rings. The Morgan fingerprint density at radius 1 is 0.861 bits per heavy atom. The number of hydrogen-bond donors (Lipinski definition) is 3. The van der Waals surface area contributed by atoms with Crippen molar-refractivity contribution in [3.63, 3.8) is 0 Å². The second kappa shape index (κ2) is 11.9. The molecule has 188 valence electrons. The molecule has 0 saturated heterocycles. The van der Waals surface area contributed by atoms with Crippen LogP contribution >= 0.6 is 0 Å². The fraction of sp³-hybridized carbons (Fsp3) is 0.250. The summed E-state index contributed by atoms with van der Waals surface area (Å²) >= 11 is 0. The van der Waals surface area contributed by atoms with Crippen molar-refractivity contribution in [3.8, 4) is 5.75 Å². The minimum absolute atomic E-state index is 0.296. The van der Waals surface area contributed by atoms with Crippen LogP contribution in [0.25, 0.3) is 0 Å². The van der Waals surface area contributed by atoms with E-state index in [1.807, 2.05) is 36.4 Å². The molecule has 0 spiro atoms. The first kappa shape index (κ1) is 26.3. The summed E-state index contributed by atoms with van der Waals surface area (Å²) in [6.07, 6.45) is -0.355. The lowest BCUT2D eigenvalue weighted by Crippen LogP contribution is -2.45. The second-order valence-corrected chi connectivity index (χ2v) is 9.11. The van der Waals surface area contributed by atoms with Gasteiger partial charge < -0.3 is 20.1 Å². The minimum atomic E-state index is -0.843. The van der Waals surface area contributed by atoms with Crippen molar-refractivity contribution in [2.24, 2.45) is 0 Å². The molecule has 0 heterocycles. The zero-order valence-corrected chi connectivity index (χ0v) is 20.8. The van der Waals surface area contributed by atoms with Gasteiger partial charge in [0.1, 0.15) is 17.4 Å². The lowest BCUT2D eigenvalue weighted by atomic mass is 10.0. The Kier molecular flexibility index (Phi) is 8.67. The van der Waals surface area contributed by atoms with Crippen molar-refractivity contribution in [2.75, 3.05) is 17.7 Å². The highest BCUT2D eigenvalue weighted by Crippen LogP contribution is 2.28. The van der Waals surface area contributed by atoms with Crippen molar-refractivity contribution < 1.29 is 23.9 Å². The highest BCUT2D eigenvalue weighted by Gasteiger charge is 2.23. The summed E-state index contributed by atoms with van der Waals surface area (Å²) in [5.74, 6) is -0.359. The number of amides is 3. The smallest absolute Gasteiger partial charge is 0.412 e. The third kappa shape index (κ3) is 7.87. The molecule has 8 nitrogen and oxygen atoms in total. The molecule has 36 heavy (non-hydrogen) atoms. The molecule has 0 aliphatic heterocycles. The Balaban J connectivity index is 1.80. The highest BCUT2D eigenvalue weighted by atomic mass is 16.6. The first-order valence-electron chi connectivity index (χ1n) is 11.5. The van der Waals surface area contributed by atoms with E-state index in [1.165, 1.54) is 7.11 Å². The molecule has 3 aromatic rings. The van der Waals surface area contributed by atoms with Crippen LogP contribution in [0, 0.1) is 0 Å². The number of ether oxygens (including phenoxy) is 2. The highest BCUT2D eigenvalue weighted by molar-refractivity contribution is 6.01. The van der Waals surface area contributed by atoms with E-state index in [2.05, 4.69) is 16.0 Å². The Hall–Kier alpha value is -4.33. The van der Waals surface area contributed by atoms with Gasteiger partial charge in [0, 0.05) is 17.7 Å². The van der Waals surface area contributed by atoms with Gasteiger partial charge in [-0.25, -0.2) is 4.79 Å². The predicted molar refractivity (Wildman–Crippen MR) is 139 cm³/mol. The number of hydrogen-bond acceptors (Lipinski definition) is 5. The summed E-state index contributed by atoms with van der Waals surface area (Å²) in [5, 5.41) is 8.31. The van der Waals surface area contributed by atoms with Gasteiger partial charge in [-0.3, -0.25) is 14.9 Å². The van der Waals surface area contributed by atoms with E-state index in [4.69, 9.17) is 9.47 Å². The Bertz CT molecular complexity index is 1190. The predicted octanol–water partition coefficient (Wildman–Crippen LogP) is 5.02. The number of carbonyl (C=O) groups is 3. The van der Waals surface area contributed by atoms with Crippen molar-refractivity contribution in [1.82, 2.24) is 5.32 Å². The summed E-state index contributed by atoms with van der Waals surface area (Å²) in [4.78, 5) is 38.4. The van der Waals surface area contributed by atoms with Gasteiger partial charge in [-0.05, 0) is 56.7 Å². The van der Waals surface area contributed by atoms with Crippen molar-refractivity contribution in [2.45, 2.75) is 38.8 Å². The Morgan fingerprint density at radius 3 is 2.11 bits per heavy atom. The SMILES string of the molecule is COc1ccc(NC(=O)C(Cc2ccccc2)NC(=O)c2ccccc2)cc1NC(=O)OC(C)(C)C. The molecule has 0 aliphatic carbocycles. The molecule has 0 saturated carbocycles. The van der Waals surface area contributed by atoms with Crippen LogP contribution in [0.15, 0.2) is 78.9 Å². The van der Waals surface area contributed by atoms with Crippen LogP contribution in [0.5, 0.6) is 5.75 Å². The van der Waals surface area contributed by atoms with Crippen molar-refractivity contribution in [3.05, 3.63) is 90.0 Å². The lowest BCUT2D eigenvalue weighted by molar-refractivity contribution is -0.118. The fourth-order valence-corrected chi connectivity index (χ4v) is 3.42. The van der Waals surface area contributed by atoms with Gasteiger partial charge in [-0.2, -0.15) is 0 Å². The van der Waals surface area contributed by atoms with E-state index >= 15 is 0 Å². The number of nitrogens with one attached hydrogen (secondary N) is 3. The molecule has 1 unspecified atom stereocenters. The monoisotopic (exact) mass is 489 g/mol. The van der Waals surface area contributed by atoms with Crippen LogP contribution in [0.2, 0.25) is 0 Å². The zero-order valence-electron chi connectivity index (χ0n) is 20.8. The summed E-state index contributed by atoms with van der Waals surface area (Å²) in [7, 11) is 1.48. The topological polar surface area (TPSA) is 106 Å². The van der Waals surface area contributed by atoms with Crippen LogP contribution in [-0.4, -0.2) is 36.7 Å². The summed E-state index contributed by atoms with van der Waals surface area (Å²) in [6, 6.07) is 22.1. The maximum atomic E-state index is 13.3. The molecule has 3 N–H and O–H groups in total. The van der Waals surface area contributed by atoms with Crippen LogP contribution in [0.1, 0.15) is 36.7 Å². The van der Waals surface area contributed by atoms with Crippen LogP contribution in [0.3, 0.4) is 0 Å². The third-order valence-corrected chi connectivity index (χ3v) is 5.04. The van der Waals surface area contributed by atoms with Gasteiger partial charge >= 0.3 is 6.09 Å². The summed E-state index contributed by atoms with van der Waals surface area (Å²) < 4.78 is 10.6. The van der Waals surface area contributed by atoms with E-state index in [9.17, 15) is 14.4 Å². The third-order valence-electron chi connectivity index (χ3n) is 5.04. The normalized spacial score (nSPS) is 11.7. The second-order valence-electron chi connectivity index (χ2n) is 9.11. The molecular formula is C28H31N3O5. The quantitative estimate of drug-likeness (QED) is 0.412. The molecular weight excluding hydrogens is 458 g/mol. The molecule has 0 radical (unpaired) electrons. The number of anilines is 2.